The number of nitrogens with one attached hydrogen (secondary N) is 1. The first-order chi connectivity index (χ1) is 13.2. The smallest absolute Gasteiger partial charge is 0.217 e. The van der Waals surface area contributed by atoms with E-state index >= 15 is 0 Å². The van der Waals surface area contributed by atoms with E-state index in [2.05, 4.69) is 4.72 Å². The molecule has 1 N–H and O–H groups in total. The van der Waals surface area contributed by atoms with Gasteiger partial charge in [0.15, 0.2) is 11.3 Å². The molecule has 0 aromatic heterocycles. The summed E-state index contributed by atoms with van der Waals surface area (Å²) in [6, 6.07) is 14.2. The Bertz CT molecular complexity index is 987. The normalized spacial score (nSPS) is 13.4. The maximum atomic E-state index is 14.0. The van der Waals surface area contributed by atoms with Crippen LogP contribution in [0.4, 0.5) is 4.39 Å². The second kappa shape index (κ2) is 8.95. The Morgan fingerprint density at radius 2 is 1.93 bits per heavy atom. The first-order valence-corrected chi connectivity index (χ1v) is 10.3. The standard InChI is InChI=1S/C20H21FN2O4S/c1-3-19(24)17-10-9-16(11-18(17)21)27-14-20(2,13-22)23-28(25,26)12-15-7-5-4-6-8-15/h4-11,23H,3,12,14H2,1-2H3. The van der Waals surface area contributed by atoms with Crippen molar-refractivity contribution in [3.63, 3.8) is 0 Å². The van der Waals surface area contributed by atoms with E-state index in [0.717, 1.165) is 6.07 Å². The average molecular weight is 404 g/mol. The molecule has 0 amide bonds. The molecule has 0 bridgehead atoms. The quantitative estimate of drug-likeness (QED) is 0.648. The van der Waals surface area contributed by atoms with Crippen molar-refractivity contribution in [1.82, 2.24) is 4.72 Å². The van der Waals surface area contributed by atoms with Gasteiger partial charge in [0, 0.05) is 12.5 Å². The Balaban J connectivity index is 2.07. The van der Waals surface area contributed by atoms with Gasteiger partial charge in [-0.2, -0.15) is 9.98 Å². The van der Waals surface area contributed by atoms with E-state index in [4.69, 9.17) is 4.74 Å². The van der Waals surface area contributed by atoms with Gasteiger partial charge in [0.05, 0.1) is 17.4 Å². The van der Waals surface area contributed by atoms with E-state index in [9.17, 15) is 22.9 Å². The zero-order valence-corrected chi connectivity index (χ0v) is 16.4. The Kier molecular flexibility index (Phi) is 6.89. The number of sulfonamides is 1. The lowest BCUT2D eigenvalue weighted by Gasteiger charge is -2.23. The van der Waals surface area contributed by atoms with Gasteiger partial charge in [0.2, 0.25) is 10.0 Å². The molecule has 0 heterocycles. The number of ketones is 1. The monoisotopic (exact) mass is 404 g/mol. The third-order valence-electron chi connectivity index (χ3n) is 3.92. The van der Waals surface area contributed by atoms with E-state index in [1.807, 2.05) is 6.07 Å². The van der Waals surface area contributed by atoms with Crippen LogP contribution in [0.1, 0.15) is 36.2 Å². The molecule has 2 aromatic rings. The minimum Gasteiger partial charge on any atom is -0.490 e. The number of halogens is 1. The molecular weight excluding hydrogens is 383 g/mol. The van der Waals surface area contributed by atoms with Crippen LogP contribution in [0.5, 0.6) is 5.75 Å². The lowest BCUT2D eigenvalue weighted by molar-refractivity contribution is 0.0984. The molecule has 2 aromatic carbocycles. The van der Waals surface area contributed by atoms with Crippen molar-refractivity contribution in [2.75, 3.05) is 6.61 Å². The van der Waals surface area contributed by atoms with Crippen molar-refractivity contribution >= 4 is 15.8 Å². The van der Waals surface area contributed by atoms with Crippen LogP contribution in [-0.4, -0.2) is 26.3 Å². The Morgan fingerprint density at radius 1 is 1.25 bits per heavy atom. The second-order valence-electron chi connectivity index (χ2n) is 6.50. The fourth-order valence-electron chi connectivity index (χ4n) is 2.49. The molecule has 1 unspecified atom stereocenters. The van der Waals surface area contributed by atoms with Gasteiger partial charge >= 0.3 is 0 Å². The van der Waals surface area contributed by atoms with Crippen LogP contribution in [0.25, 0.3) is 0 Å². The summed E-state index contributed by atoms with van der Waals surface area (Å²) in [7, 11) is -3.81. The highest BCUT2D eigenvalue weighted by molar-refractivity contribution is 7.88. The summed E-state index contributed by atoms with van der Waals surface area (Å²) in [5.74, 6) is -1.26. The highest BCUT2D eigenvalue weighted by Gasteiger charge is 2.31. The number of carbonyl (C=O) groups excluding carboxylic acids is 1. The average Bonchev–Trinajstić information content (AvgIpc) is 2.66. The molecule has 0 saturated heterocycles. The van der Waals surface area contributed by atoms with Gasteiger partial charge < -0.3 is 4.74 Å². The molecule has 0 aliphatic carbocycles. The fraction of sp³-hybridized carbons (Fsp3) is 0.300. The molecule has 28 heavy (non-hydrogen) atoms. The summed E-state index contributed by atoms with van der Waals surface area (Å²) in [6.45, 7) is 2.67. The Hall–Kier alpha value is -2.76. The van der Waals surface area contributed by atoms with Crippen LogP contribution >= 0.6 is 0 Å². The van der Waals surface area contributed by atoms with E-state index in [1.54, 1.807) is 37.3 Å². The van der Waals surface area contributed by atoms with Gasteiger partial charge in [0.1, 0.15) is 18.2 Å². The molecule has 6 nitrogen and oxygen atoms in total. The van der Waals surface area contributed by atoms with Crippen LogP contribution in [-0.2, 0) is 15.8 Å². The summed E-state index contributed by atoms with van der Waals surface area (Å²) < 4.78 is 46.5. The molecule has 0 fully saturated rings. The summed E-state index contributed by atoms with van der Waals surface area (Å²) in [5, 5.41) is 9.42. The Morgan fingerprint density at radius 3 is 2.50 bits per heavy atom. The number of benzene rings is 2. The summed E-state index contributed by atoms with van der Waals surface area (Å²) in [5.41, 5.74) is -1.02. The molecule has 1 atom stereocenters. The number of hydrogen-bond acceptors (Lipinski definition) is 5. The molecule has 0 aliphatic rings. The van der Waals surface area contributed by atoms with Gasteiger partial charge in [-0.1, -0.05) is 37.3 Å². The highest BCUT2D eigenvalue weighted by Crippen LogP contribution is 2.20. The third kappa shape index (κ3) is 5.87. The predicted molar refractivity (Wildman–Crippen MR) is 103 cm³/mol. The zero-order valence-electron chi connectivity index (χ0n) is 15.6. The number of Topliss-reactive ketones (excluding diaryl/α,β-unsaturated/α-hetero) is 1. The van der Waals surface area contributed by atoms with Crippen molar-refractivity contribution < 1.29 is 22.3 Å². The summed E-state index contributed by atoms with van der Waals surface area (Å²) in [4.78, 5) is 11.6. The van der Waals surface area contributed by atoms with Gasteiger partial charge in [-0.25, -0.2) is 12.8 Å². The van der Waals surface area contributed by atoms with E-state index in [-0.39, 0.29) is 35.9 Å². The molecule has 148 valence electrons. The number of ether oxygens (including phenoxy) is 1. The third-order valence-corrected chi connectivity index (χ3v) is 5.39. The first-order valence-electron chi connectivity index (χ1n) is 8.60. The fourth-order valence-corrected chi connectivity index (χ4v) is 3.98. The number of nitrogens with zero attached hydrogens (tertiary/aromatic N) is 1. The molecule has 8 heteroatoms. The molecule has 0 spiro atoms. The van der Waals surface area contributed by atoms with Gasteiger partial charge in [-0.15, -0.1) is 0 Å². The zero-order chi connectivity index (χ0) is 20.8. The van der Waals surface area contributed by atoms with E-state index in [0.29, 0.717) is 5.56 Å². The molecular formula is C20H21FN2O4S. The van der Waals surface area contributed by atoms with Crippen LogP contribution < -0.4 is 9.46 Å². The van der Waals surface area contributed by atoms with Crippen LogP contribution in [0.3, 0.4) is 0 Å². The number of hydrogen-bond donors (Lipinski definition) is 1. The van der Waals surface area contributed by atoms with Crippen molar-refractivity contribution in [2.24, 2.45) is 0 Å². The SMILES string of the molecule is CCC(=O)c1ccc(OCC(C)(C#N)NS(=O)(=O)Cc2ccccc2)cc1F. The van der Waals surface area contributed by atoms with Crippen molar-refractivity contribution in [1.29, 1.82) is 5.26 Å². The van der Waals surface area contributed by atoms with E-state index < -0.39 is 21.4 Å². The largest absolute Gasteiger partial charge is 0.490 e. The van der Waals surface area contributed by atoms with Crippen LogP contribution in [0.15, 0.2) is 48.5 Å². The topological polar surface area (TPSA) is 96.3 Å². The van der Waals surface area contributed by atoms with E-state index in [1.165, 1.54) is 19.1 Å². The van der Waals surface area contributed by atoms with Gasteiger partial charge in [0.25, 0.3) is 0 Å². The lowest BCUT2D eigenvalue weighted by atomic mass is 10.1. The molecule has 0 aliphatic heterocycles. The number of carbonyl (C=O) groups is 1. The van der Waals surface area contributed by atoms with Crippen LogP contribution in [0.2, 0.25) is 0 Å². The number of rotatable bonds is 9. The van der Waals surface area contributed by atoms with Gasteiger partial charge in [-0.05, 0) is 24.6 Å². The Labute approximate surface area is 164 Å². The molecule has 2 rings (SSSR count). The summed E-state index contributed by atoms with van der Waals surface area (Å²) in [6.07, 6.45) is 0.173. The molecule has 0 radical (unpaired) electrons. The van der Waals surface area contributed by atoms with Crippen molar-refractivity contribution in [3.8, 4) is 11.8 Å². The maximum Gasteiger partial charge on any atom is 0.217 e. The molecule has 0 saturated carbocycles. The second-order valence-corrected chi connectivity index (χ2v) is 8.22. The lowest BCUT2D eigenvalue weighted by Crippen LogP contribution is -2.49. The van der Waals surface area contributed by atoms with Gasteiger partial charge in [-0.3, -0.25) is 4.79 Å². The van der Waals surface area contributed by atoms with Crippen molar-refractivity contribution in [2.45, 2.75) is 31.6 Å². The minimum absolute atomic E-state index is 0.0403. The number of nitriles is 1. The summed E-state index contributed by atoms with van der Waals surface area (Å²) >= 11 is 0. The highest BCUT2D eigenvalue weighted by atomic mass is 32.2. The van der Waals surface area contributed by atoms with Crippen molar-refractivity contribution in [3.05, 3.63) is 65.5 Å². The maximum absolute atomic E-state index is 14.0. The minimum atomic E-state index is -3.81. The predicted octanol–water partition coefficient (Wildman–Crippen LogP) is 3.20. The van der Waals surface area contributed by atoms with Crippen LogP contribution in [0, 0.1) is 17.1 Å². The first kappa shape index (κ1) is 21.5.